The third kappa shape index (κ3) is 5.33. The van der Waals surface area contributed by atoms with Crippen LogP contribution in [0.25, 0.3) is 10.4 Å². The van der Waals surface area contributed by atoms with E-state index in [2.05, 4.69) is 14.8 Å². The summed E-state index contributed by atoms with van der Waals surface area (Å²) in [7, 11) is 1.05. The van der Waals surface area contributed by atoms with Crippen molar-refractivity contribution in [3.63, 3.8) is 0 Å². The van der Waals surface area contributed by atoms with Crippen LogP contribution in [0.4, 0.5) is 0 Å². The second-order valence-corrected chi connectivity index (χ2v) is 4.90. The number of carbonyl (C=O) groups is 4. The Balaban J connectivity index is 3.37. The molecule has 12 nitrogen and oxygen atoms in total. The lowest BCUT2D eigenvalue weighted by Crippen LogP contribution is -2.62. The molecule has 12 heteroatoms. The second kappa shape index (κ2) is 8.85. The molecule has 138 valence electrons. The SMILES string of the molecule is COC(=O)[C@H]1O[C@@H](OC(C)=O)[C@H](N=[N+]=[N-])[C@@H](OC(C)=O)[C@H]1OC(C)=O. The summed E-state index contributed by atoms with van der Waals surface area (Å²) in [5, 5.41) is 3.39. The fourth-order valence-electron chi connectivity index (χ4n) is 2.22. The molecule has 0 aliphatic carbocycles. The van der Waals surface area contributed by atoms with E-state index in [9.17, 15) is 19.2 Å². The van der Waals surface area contributed by atoms with Crippen molar-refractivity contribution in [3.05, 3.63) is 10.4 Å². The van der Waals surface area contributed by atoms with Gasteiger partial charge < -0.3 is 23.7 Å². The molecule has 1 rings (SSSR count). The monoisotopic (exact) mass is 359 g/mol. The molecule has 1 aliphatic heterocycles. The first-order valence-electron chi connectivity index (χ1n) is 7.00. The van der Waals surface area contributed by atoms with Crippen LogP contribution in [-0.2, 0) is 42.9 Å². The average molecular weight is 359 g/mol. The zero-order valence-corrected chi connectivity index (χ0v) is 13.9. The summed E-state index contributed by atoms with van der Waals surface area (Å²) in [5.74, 6) is -3.41. The summed E-state index contributed by atoms with van der Waals surface area (Å²) in [5.41, 5.74) is 8.73. The van der Waals surface area contributed by atoms with Gasteiger partial charge in [-0.25, -0.2) is 4.79 Å². The minimum atomic E-state index is -1.58. The van der Waals surface area contributed by atoms with Crippen molar-refractivity contribution in [1.82, 2.24) is 0 Å². The molecule has 0 N–H and O–H groups in total. The maximum atomic E-state index is 12.0. The van der Waals surface area contributed by atoms with Crippen molar-refractivity contribution in [2.24, 2.45) is 5.11 Å². The molecule has 0 spiro atoms. The minimum Gasteiger partial charge on any atom is -0.467 e. The van der Waals surface area contributed by atoms with E-state index in [0.717, 1.165) is 27.9 Å². The van der Waals surface area contributed by atoms with Gasteiger partial charge in [-0.05, 0) is 5.53 Å². The molecule has 1 saturated heterocycles. The van der Waals surface area contributed by atoms with Gasteiger partial charge in [0.15, 0.2) is 18.3 Å². The molecule has 5 atom stereocenters. The first-order valence-corrected chi connectivity index (χ1v) is 7.00. The predicted molar refractivity (Wildman–Crippen MR) is 76.5 cm³/mol. The van der Waals surface area contributed by atoms with Crippen molar-refractivity contribution in [3.8, 4) is 0 Å². The molecule has 1 fully saturated rings. The fraction of sp³-hybridized carbons (Fsp3) is 0.692. The first kappa shape index (κ1) is 20.2. The Kier molecular flexibility index (Phi) is 7.15. The number of rotatable bonds is 5. The standard InChI is InChI=1S/C13H17N3O9/c1-5(17)22-9-8(15-16-14)13(24-7(3)19)25-11(12(20)21-4)10(9)23-6(2)18/h8-11,13H,1-4H3/t8-,9-,10-,11+,13-/m1/s1. The van der Waals surface area contributed by atoms with Crippen molar-refractivity contribution >= 4 is 23.9 Å². The molecule has 1 heterocycles. The molecule has 0 amide bonds. The highest BCUT2D eigenvalue weighted by Crippen LogP contribution is 2.30. The maximum Gasteiger partial charge on any atom is 0.339 e. The van der Waals surface area contributed by atoms with Crippen molar-refractivity contribution in [2.75, 3.05) is 7.11 Å². The molecular weight excluding hydrogens is 342 g/mol. The average Bonchev–Trinajstić information content (AvgIpc) is 2.50. The highest BCUT2D eigenvalue weighted by atomic mass is 16.7. The van der Waals surface area contributed by atoms with E-state index < -0.39 is 54.5 Å². The summed E-state index contributed by atoms with van der Waals surface area (Å²) >= 11 is 0. The summed E-state index contributed by atoms with van der Waals surface area (Å²) in [4.78, 5) is 48.6. The molecule has 25 heavy (non-hydrogen) atoms. The normalized spacial score (nSPS) is 28.1. The predicted octanol–water partition coefficient (Wildman–Crippen LogP) is -0.0103. The van der Waals surface area contributed by atoms with E-state index in [4.69, 9.17) is 24.5 Å². The highest BCUT2D eigenvalue weighted by Gasteiger charge is 2.54. The Bertz CT molecular complexity index is 602. The van der Waals surface area contributed by atoms with Gasteiger partial charge in [-0.2, -0.15) is 0 Å². The van der Waals surface area contributed by atoms with E-state index in [1.165, 1.54) is 0 Å². The highest BCUT2D eigenvalue weighted by molar-refractivity contribution is 5.77. The van der Waals surface area contributed by atoms with Crippen LogP contribution in [0, 0.1) is 0 Å². The molecule has 0 unspecified atom stereocenters. The van der Waals surface area contributed by atoms with Crippen LogP contribution in [0.5, 0.6) is 0 Å². The van der Waals surface area contributed by atoms with Gasteiger partial charge in [-0.1, -0.05) is 5.11 Å². The van der Waals surface area contributed by atoms with Crippen molar-refractivity contribution < 1.29 is 42.9 Å². The lowest BCUT2D eigenvalue weighted by molar-refractivity contribution is -0.261. The molecule has 0 bridgehead atoms. The maximum absolute atomic E-state index is 12.0. The fourth-order valence-corrected chi connectivity index (χ4v) is 2.22. The van der Waals surface area contributed by atoms with Crippen molar-refractivity contribution in [1.29, 1.82) is 0 Å². The van der Waals surface area contributed by atoms with Gasteiger partial charge in [-0.3, -0.25) is 14.4 Å². The quantitative estimate of drug-likeness (QED) is 0.216. The smallest absolute Gasteiger partial charge is 0.339 e. The first-order chi connectivity index (χ1) is 11.7. The lowest BCUT2D eigenvalue weighted by Gasteiger charge is -2.41. The number of methoxy groups -OCH3 is 1. The van der Waals surface area contributed by atoms with Crippen LogP contribution in [-0.4, -0.2) is 61.6 Å². The number of carbonyl (C=O) groups excluding carboxylic acids is 4. The summed E-state index contributed by atoms with van der Waals surface area (Å²) in [6.07, 6.45) is -6.06. The largest absolute Gasteiger partial charge is 0.467 e. The third-order valence-corrected chi connectivity index (χ3v) is 3.02. The molecular formula is C13H17N3O9. The van der Waals surface area contributed by atoms with Crippen LogP contribution in [0.15, 0.2) is 5.11 Å². The Hall–Kier alpha value is -2.85. The Morgan fingerprint density at radius 3 is 1.92 bits per heavy atom. The van der Waals surface area contributed by atoms with Crippen molar-refractivity contribution in [2.45, 2.75) is 51.4 Å². The van der Waals surface area contributed by atoms with E-state index in [-0.39, 0.29) is 0 Å². The zero-order valence-electron chi connectivity index (χ0n) is 13.9. The van der Waals surface area contributed by atoms with Gasteiger partial charge in [-0.15, -0.1) is 0 Å². The minimum absolute atomic E-state index is 0.806. The zero-order chi connectivity index (χ0) is 19.1. The van der Waals surface area contributed by atoms with Gasteiger partial charge in [0.1, 0.15) is 6.04 Å². The van der Waals surface area contributed by atoms with E-state index in [1.54, 1.807) is 0 Å². The molecule has 1 aliphatic rings. The summed E-state index contributed by atoms with van der Waals surface area (Å²) < 4.78 is 24.8. The number of hydrogen-bond acceptors (Lipinski definition) is 10. The summed E-state index contributed by atoms with van der Waals surface area (Å²) in [6, 6.07) is -1.40. The number of nitrogens with zero attached hydrogens (tertiary/aromatic N) is 3. The van der Waals surface area contributed by atoms with E-state index in [1.807, 2.05) is 0 Å². The Labute approximate surface area is 141 Å². The lowest BCUT2D eigenvalue weighted by atomic mass is 9.96. The Morgan fingerprint density at radius 2 is 1.48 bits per heavy atom. The second-order valence-electron chi connectivity index (χ2n) is 4.90. The summed E-state index contributed by atoms with van der Waals surface area (Å²) in [6.45, 7) is 3.17. The molecule has 0 saturated carbocycles. The third-order valence-electron chi connectivity index (χ3n) is 3.02. The van der Waals surface area contributed by atoms with Gasteiger partial charge in [0.05, 0.1) is 7.11 Å². The van der Waals surface area contributed by atoms with Gasteiger partial charge in [0.25, 0.3) is 0 Å². The van der Waals surface area contributed by atoms with Gasteiger partial charge in [0, 0.05) is 25.7 Å². The van der Waals surface area contributed by atoms with Crippen LogP contribution in [0.2, 0.25) is 0 Å². The van der Waals surface area contributed by atoms with Crippen LogP contribution < -0.4 is 0 Å². The van der Waals surface area contributed by atoms with Gasteiger partial charge >= 0.3 is 23.9 Å². The van der Waals surface area contributed by atoms with Gasteiger partial charge in [0.2, 0.25) is 6.29 Å². The van der Waals surface area contributed by atoms with Crippen LogP contribution in [0.3, 0.4) is 0 Å². The number of azide groups is 1. The van der Waals surface area contributed by atoms with E-state index in [0.29, 0.717) is 0 Å². The molecule has 0 aromatic rings. The molecule has 0 radical (unpaired) electrons. The molecule has 0 aromatic carbocycles. The van der Waals surface area contributed by atoms with Crippen LogP contribution in [0.1, 0.15) is 20.8 Å². The number of esters is 4. The van der Waals surface area contributed by atoms with Crippen LogP contribution >= 0.6 is 0 Å². The topological polar surface area (TPSA) is 163 Å². The Morgan fingerprint density at radius 1 is 0.960 bits per heavy atom. The molecule has 0 aromatic heterocycles. The number of hydrogen-bond donors (Lipinski definition) is 0. The van der Waals surface area contributed by atoms with E-state index >= 15 is 0 Å². The number of ether oxygens (including phenoxy) is 5.